The van der Waals surface area contributed by atoms with Crippen LogP contribution in [0.5, 0.6) is 5.75 Å². The molecular weight excluding hydrogens is 483 g/mol. The van der Waals surface area contributed by atoms with E-state index in [0.29, 0.717) is 34.3 Å². The van der Waals surface area contributed by atoms with Crippen LogP contribution in [-0.2, 0) is 22.6 Å². The van der Waals surface area contributed by atoms with Crippen molar-refractivity contribution in [1.29, 1.82) is 0 Å². The van der Waals surface area contributed by atoms with Crippen molar-refractivity contribution in [2.24, 2.45) is 0 Å². The molecule has 3 aromatic rings. The minimum atomic E-state index is -0.778. The van der Waals surface area contributed by atoms with E-state index in [4.69, 9.17) is 27.9 Å². The van der Waals surface area contributed by atoms with Crippen LogP contribution < -0.4 is 10.1 Å². The van der Waals surface area contributed by atoms with Gasteiger partial charge in [0.1, 0.15) is 11.8 Å². The number of halogens is 2. The van der Waals surface area contributed by atoms with Crippen molar-refractivity contribution in [3.05, 3.63) is 99.0 Å². The maximum absolute atomic E-state index is 13.6. The van der Waals surface area contributed by atoms with E-state index in [9.17, 15) is 9.59 Å². The van der Waals surface area contributed by atoms with Crippen molar-refractivity contribution < 1.29 is 14.3 Å². The van der Waals surface area contributed by atoms with E-state index in [2.05, 4.69) is 5.32 Å². The molecule has 0 aliphatic rings. The maximum Gasteiger partial charge on any atom is 0.261 e. The summed E-state index contributed by atoms with van der Waals surface area (Å²) in [5.41, 5.74) is 3.55. The highest BCUT2D eigenvalue weighted by Crippen LogP contribution is 2.27. The Balaban J connectivity index is 1.95. The van der Waals surface area contributed by atoms with Crippen LogP contribution in [0.4, 0.5) is 0 Å². The molecule has 0 aromatic heterocycles. The summed E-state index contributed by atoms with van der Waals surface area (Å²) in [4.78, 5) is 28.3. The smallest absolute Gasteiger partial charge is 0.261 e. The van der Waals surface area contributed by atoms with Crippen LogP contribution in [0.25, 0.3) is 0 Å². The first-order valence-electron chi connectivity index (χ1n) is 11.5. The zero-order valence-corrected chi connectivity index (χ0v) is 21.7. The molecule has 0 spiro atoms. The largest absolute Gasteiger partial charge is 0.483 e. The van der Waals surface area contributed by atoms with Gasteiger partial charge in [-0.25, -0.2) is 0 Å². The van der Waals surface area contributed by atoms with Gasteiger partial charge < -0.3 is 15.0 Å². The summed E-state index contributed by atoms with van der Waals surface area (Å²) in [5.74, 6) is 0.0323. The van der Waals surface area contributed by atoms with Crippen LogP contribution in [0.1, 0.15) is 29.2 Å². The molecule has 1 N–H and O–H groups in total. The first-order valence-corrected chi connectivity index (χ1v) is 12.3. The Morgan fingerprint density at radius 3 is 2.29 bits per heavy atom. The Hall–Kier alpha value is -3.02. The highest BCUT2D eigenvalue weighted by Gasteiger charge is 2.31. The molecule has 0 heterocycles. The minimum absolute atomic E-state index is 0.0716. The third kappa shape index (κ3) is 7.23. The molecule has 0 aliphatic heterocycles. The van der Waals surface area contributed by atoms with Crippen molar-refractivity contribution in [3.63, 3.8) is 0 Å². The summed E-state index contributed by atoms with van der Waals surface area (Å²) in [6, 6.07) is 19.8. The van der Waals surface area contributed by atoms with Gasteiger partial charge in [-0.3, -0.25) is 9.59 Å². The van der Waals surface area contributed by atoms with Gasteiger partial charge >= 0.3 is 0 Å². The fraction of sp³-hybridized carbons (Fsp3) is 0.286. The number of benzene rings is 3. The Bertz CT molecular complexity index is 1150. The molecule has 3 aromatic carbocycles. The van der Waals surface area contributed by atoms with Gasteiger partial charge in [0.2, 0.25) is 5.91 Å². The number of hydrogen-bond donors (Lipinski definition) is 1. The average molecular weight is 513 g/mol. The van der Waals surface area contributed by atoms with Crippen LogP contribution in [-0.4, -0.2) is 35.9 Å². The molecule has 0 saturated carbocycles. The number of nitrogens with one attached hydrogen (secondary N) is 1. The standard InChI is InChI=1S/C28H30Cl2N2O3/c1-4-31-28(34)25(16-21-9-6-5-7-10-21)32(17-22-23(29)11-8-12-24(22)30)27(33)18-35-26-14-13-19(2)15-20(26)3/h5-15,25H,4,16-18H2,1-3H3,(H,31,34)/t25-/m1/s1. The number of rotatable bonds is 10. The van der Waals surface area contributed by atoms with E-state index in [0.717, 1.165) is 16.7 Å². The molecule has 7 heteroatoms. The summed E-state index contributed by atoms with van der Waals surface area (Å²) in [6.45, 7) is 6.06. The van der Waals surface area contributed by atoms with E-state index in [-0.39, 0.29) is 25.0 Å². The normalized spacial score (nSPS) is 11.6. The van der Waals surface area contributed by atoms with Gasteiger partial charge in [-0.1, -0.05) is 77.3 Å². The van der Waals surface area contributed by atoms with Crippen molar-refractivity contribution in [2.45, 2.75) is 39.8 Å². The van der Waals surface area contributed by atoms with Crippen LogP contribution in [0, 0.1) is 13.8 Å². The molecule has 0 aliphatic carbocycles. The number of aryl methyl sites for hydroxylation is 2. The average Bonchev–Trinajstić information content (AvgIpc) is 2.83. The van der Waals surface area contributed by atoms with Gasteiger partial charge in [0, 0.05) is 35.1 Å². The molecule has 184 valence electrons. The lowest BCUT2D eigenvalue weighted by Gasteiger charge is -2.32. The molecule has 0 unspecified atom stereocenters. The topological polar surface area (TPSA) is 58.6 Å². The Labute approximate surface area is 217 Å². The van der Waals surface area contributed by atoms with Crippen LogP contribution in [0.15, 0.2) is 66.7 Å². The lowest BCUT2D eigenvalue weighted by atomic mass is 10.0. The summed E-state index contributed by atoms with van der Waals surface area (Å²) < 4.78 is 5.88. The molecule has 0 bridgehead atoms. The number of carbonyl (C=O) groups is 2. The number of carbonyl (C=O) groups excluding carboxylic acids is 2. The van der Waals surface area contributed by atoms with Crippen LogP contribution >= 0.6 is 23.2 Å². The predicted octanol–water partition coefficient (Wildman–Crippen LogP) is 5.77. The van der Waals surface area contributed by atoms with Crippen molar-refractivity contribution in [1.82, 2.24) is 10.2 Å². The van der Waals surface area contributed by atoms with Crippen LogP contribution in [0.3, 0.4) is 0 Å². The fourth-order valence-corrected chi connectivity index (χ4v) is 4.40. The van der Waals surface area contributed by atoms with E-state index >= 15 is 0 Å². The summed E-state index contributed by atoms with van der Waals surface area (Å²) >= 11 is 12.9. The van der Waals surface area contributed by atoms with Gasteiger partial charge in [-0.05, 0) is 50.1 Å². The quantitative estimate of drug-likeness (QED) is 0.375. The van der Waals surface area contributed by atoms with Crippen LogP contribution in [0.2, 0.25) is 10.0 Å². The highest BCUT2D eigenvalue weighted by atomic mass is 35.5. The van der Waals surface area contributed by atoms with Crippen molar-refractivity contribution in [2.75, 3.05) is 13.2 Å². The number of nitrogens with zero attached hydrogens (tertiary/aromatic N) is 1. The Morgan fingerprint density at radius 1 is 0.971 bits per heavy atom. The molecule has 5 nitrogen and oxygen atoms in total. The molecule has 0 saturated heterocycles. The SMILES string of the molecule is CCNC(=O)[C@@H](Cc1ccccc1)N(Cc1c(Cl)cccc1Cl)C(=O)COc1ccc(C)cc1C. The maximum atomic E-state index is 13.6. The molecule has 0 radical (unpaired) electrons. The van der Waals surface area contributed by atoms with E-state index < -0.39 is 6.04 Å². The second kappa shape index (κ2) is 12.6. The highest BCUT2D eigenvalue weighted by molar-refractivity contribution is 6.36. The number of hydrogen-bond acceptors (Lipinski definition) is 3. The molecule has 0 fully saturated rings. The van der Waals surface area contributed by atoms with Crippen molar-refractivity contribution in [3.8, 4) is 5.75 Å². The van der Waals surface area contributed by atoms with E-state index in [1.807, 2.05) is 69.3 Å². The zero-order valence-electron chi connectivity index (χ0n) is 20.2. The van der Waals surface area contributed by atoms with E-state index in [1.54, 1.807) is 18.2 Å². The summed E-state index contributed by atoms with van der Waals surface area (Å²) in [6.07, 6.45) is 0.337. The molecule has 1 atom stereocenters. The lowest BCUT2D eigenvalue weighted by Crippen LogP contribution is -2.51. The monoisotopic (exact) mass is 512 g/mol. The van der Waals surface area contributed by atoms with Gasteiger partial charge in [0.15, 0.2) is 6.61 Å². The Kier molecular flexibility index (Phi) is 9.58. The molecule has 3 rings (SSSR count). The first-order chi connectivity index (χ1) is 16.8. The third-order valence-electron chi connectivity index (χ3n) is 5.69. The first kappa shape index (κ1) is 26.6. The second-order valence-electron chi connectivity index (χ2n) is 8.38. The molecular formula is C28H30Cl2N2O3. The summed E-state index contributed by atoms with van der Waals surface area (Å²) in [7, 11) is 0. The molecule has 35 heavy (non-hydrogen) atoms. The predicted molar refractivity (Wildman–Crippen MR) is 141 cm³/mol. The van der Waals surface area contributed by atoms with Gasteiger partial charge in [-0.15, -0.1) is 0 Å². The molecule has 2 amide bonds. The van der Waals surface area contributed by atoms with Gasteiger partial charge in [0.25, 0.3) is 5.91 Å². The van der Waals surface area contributed by atoms with E-state index in [1.165, 1.54) is 4.90 Å². The summed E-state index contributed by atoms with van der Waals surface area (Å²) in [5, 5.41) is 3.73. The number of amides is 2. The van der Waals surface area contributed by atoms with Gasteiger partial charge in [-0.2, -0.15) is 0 Å². The number of ether oxygens (including phenoxy) is 1. The Morgan fingerprint density at radius 2 is 1.66 bits per heavy atom. The second-order valence-corrected chi connectivity index (χ2v) is 9.19. The fourth-order valence-electron chi connectivity index (χ4n) is 3.88. The van der Waals surface area contributed by atoms with Gasteiger partial charge in [0.05, 0.1) is 0 Å². The zero-order chi connectivity index (χ0) is 25.4. The van der Waals surface area contributed by atoms with Crippen molar-refractivity contribution >= 4 is 35.0 Å². The number of likely N-dealkylation sites (N-methyl/N-ethyl adjacent to an activating group) is 1. The third-order valence-corrected chi connectivity index (χ3v) is 6.40. The minimum Gasteiger partial charge on any atom is -0.483 e. The lowest BCUT2D eigenvalue weighted by molar-refractivity contribution is -0.142.